The van der Waals surface area contributed by atoms with Crippen LogP contribution in [-0.4, -0.2) is 31.0 Å². The van der Waals surface area contributed by atoms with Crippen molar-refractivity contribution in [1.82, 2.24) is 19.3 Å². The summed E-state index contributed by atoms with van der Waals surface area (Å²) in [7, 11) is 0. The lowest BCUT2D eigenvalue weighted by atomic mass is 10.2. The summed E-state index contributed by atoms with van der Waals surface area (Å²) in [6.45, 7) is 6.11. The molecule has 0 aliphatic heterocycles. The van der Waals surface area contributed by atoms with Crippen molar-refractivity contribution in [2.75, 3.05) is 11.1 Å². The Morgan fingerprint density at radius 1 is 1.24 bits per heavy atom. The molecule has 0 atom stereocenters. The summed E-state index contributed by atoms with van der Waals surface area (Å²) in [5, 5.41) is 7.92. The minimum absolute atomic E-state index is 0.0771. The van der Waals surface area contributed by atoms with E-state index in [0.717, 1.165) is 16.4 Å². The molecular formula is C18H21N5OS. The molecular weight excluding hydrogens is 334 g/mol. The lowest BCUT2D eigenvalue weighted by Crippen LogP contribution is -2.18. The number of aromatic nitrogens is 4. The van der Waals surface area contributed by atoms with Gasteiger partial charge in [0.05, 0.1) is 17.6 Å². The Kier molecular flexibility index (Phi) is 5.23. The maximum Gasteiger partial charge on any atom is 0.235 e. The summed E-state index contributed by atoms with van der Waals surface area (Å²) in [4.78, 5) is 16.7. The molecule has 130 valence electrons. The van der Waals surface area contributed by atoms with Crippen LogP contribution >= 0.6 is 11.8 Å². The average molecular weight is 355 g/mol. The smallest absolute Gasteiger partial charge is 0.235 e. The van der Waals surface area contributed by atoms with Crippen LogP contribution < -0.4 is 5.32 Å². The van der Waals surface area contributed by atoms with Gasteiger partial charge in [0.25, 0.3) is 0 Å². The van der Waals surface area contributed by atoms with E-state index in [9.17, 15) is 4.79 Å². The number of anilines is 1. The number of benzene rings is 1. The van der Waals surface area contributed by atoms with Crippen LogP contribution in [0.15, 0.2) is 54.1 Å². The van der Waals surface area contributed by atoms with E-state index in [2.05, 4.69) is 28.4 Å². The quantitative estimate of drug-likeness (QED) is 0.685. The molecule has 0 spiro atoms. The summed E-state index contributed by atoms with van der Waals surface area (Å²) in [5.74, 6) is 0.918. The topological polar surface area (TPSA) is 64.7 Å². The number of nitrogens with one attached hydrogen (secondary N) is 1. The second kappa shape index (κ2) is 7.57. The SMILES string of the molecule is Cc1ccccc1-n1ccnc1SCC(=O)Nc1ccnn1C(C)C. The highest BCUT2D eigenvalue weighted by Crippen LogP contribution is 2.23. The number of para-hydroxylation sites is 1. The third-order valence-corrected chi connectivity index (χ3v) is 4.71. The van der Waals surface area contributed by atoms with Gasteiger partial charge < -0.3 is 5.32 Å². The number of rotatable bonds is 6. The largest absolute Gasteiger partial charge is 0.310 e. The second-order valence-corrected chi connectivity index (χ2v) is 6.90. The molecule has 3 aromatic rings. The lowest BCUT2D eigenvalue weighted by Gasteiger charge is -2.12. The summed E-state index contributed by atoms with van der Waals surface area (Å²) in [5.41, 5.74) is 2.23. The van der Waals surface area contributed by atoms with Crippen LogP contribution in [0.3, 0.4) is 0 Å². The minimum atomic E-state index is -0.0771. The van der Waals surface area contributed by atoms with Gasteiger partial charge in [-0.3, -0.25) is 9.36 Å². The monoisotopic (exact) mass is 355 g/mol. The lowest BCUT2D eigenvalue weighted by molar-refractivity contribution is -0.113. The van der Waals surface area contributed by atoms with E-state index in [1.54, 1.807) is 23.1 Å². The number of aryl methyl sites for hydroxylation is 1. The normalized spacial score (nSPS) is 11.0. The van der Waals surface area contributed by atoms with Crippen molar-refractivity contribution in [2.45, 2.75) is 32.0 Å². The molecule has 3 rings (SSSR count). The van der Waals surface area contributed by atoms with Crippen molar-refractivity contribution in [3.63, 3.8) is 0 Å². The molecule has 1 aromatic carbocycles. The van der Waals surface area contributed by atoms with Gasteiger partial charge in [0, 0.05) is 24.5 Å². The number of thioether (sulfide) groups is 1. The third-order valence-electron chi connectivity index (χ3n) is 3.74. The molecule has 2 heterocycles. The van der Waals surface area contributed by atoms with E-state index >= 15 is 0 Å². The number of carbonyl (C=O) groups is 1. The maximum atomic E-state index is 12.3. The van der Waals surface area contributed by atoms with Gasteiger partial charge in [-0.15, -0.1) is 0 Å². The first-order valence-electron chi connectivity index (χ1n) is 8.12. The molecule has 0 saturated carbocycles. The Morgan fingerprint density at radius 3 is 2.80 bits per heavy atom. The number of carbonyl (C=O) groups excluding carboxylic acids is 1. The van der Waals surface area contributed by atoms with Crippen molar-refractivity contribution in [3.05, 3.63) is 54.5 Å². The molecule has 2 aromatic heterocycles. The van der Waals surface area contributed by atoms with Crippen LogP contribution in [0.2, 0.25) is 0 Å². The Labute approximate surface area is 151 Å². The molecule has 0 bridgehead atoms. The van der Waals surface area contributed by atoms with Crippen LogP contribution in [-0.2, 0) is 4.79 Å². The number of hydrogen-bond acceptors (Lipinski definition) is 4. The van der Waals surface area contributed by atoms with Gasteiger partial charge in [0.2, 0.25) is 5.91 Å². The summed E-state index contributed by atoms with van der Waals surface area (Å²) in [6.07, 6.45) is 5.35. The molecule has 0 fully saturated rings. The fraction of sp³-hybridized carbons (Fsp3) is 0.278. The number of nitrogens with zero attached hydrogens (tertiary/aromatic N) is 4. The third kappa shape index (κ3) is 3.93. The molecule has 6 nitrogen and oxygen atoms in total. The van der Waals surface area contributed by atoms with E-state index < -0.39 is 0 Å². The van der Waals surface area contributed by atoms with E-state index in [1.165, 1.54) is 11.8 Å². The summed E-state index contributed by atoms with van der Waals surface area (Å²) >= 11 is 1.41. The minimum Gasteiger partial charge on any atom is -0.310 e. The first kappa shape index (κ1) is 17.3. The van der Waals surface area contributed by atoms with Crippen molar-refractivity contribution < 1.29 is 4.79 Å². The summed E-state index contributed by atoms with van der Waals surface area (Å²) < 4.78 is 3.79. The van der Waals surface area contributed by atoms with Crippen molar-refractivity contribution in [3.8, 4) is 5.69 Å². The molecule has 25 heavy (non-hydrogen) atoms. The molecule has 0 aliphatic carbocycles. The fourth-order valence-electron chi connectivity index (χ4n) is 2.55. The van der Waals surface area contributed by atoms with Crippen LogP contribution in [0.4, 0.5) is 5.82 Å². The van der Waals surface area contributed by atoms with E-state index in [4.69, 9.17) is 0 Å². The molecule has 0 radical (unpaired) electrons. The fourth-order valence-corrected chi connectivity index (χ4v) is 3.31. The molecule has 1 amide bonds. The molecule has 0 saturated heterocycles. The molecule has 0 unspecified atom stereocenters. The zero-order valence-electron chi connectivity index (χ0n) is 14.5. The highest BCUT2D eigenvalue weighted by atomic mass is 32.2. The van der Waals surface area contributed by atoms with Gasteiger partial charge in [-0.25, -0.2) is 9.67 Å². The van der Waals surface area contributed by atoms with Crippen molar-refractivity contribution in [2.24, 2.45) is 0 Å². The number of hydrogen-bond donors (Lipinski definition) is 1. The van der Waals surface area contributed by atoms with Gasteiger partial charge in [-0.1, -0.05) is 30.0 Å². The zero-order valence-corrected chi connectivity index (χ0v) is 15.3. The number of amides is 1. The predicted octanol–water partition coefficient (Wildman–Crippen LogP) is 3.69. The highest BCUT2D eigenvalue weighted by molar-refractivity contribution is 7.99. The van der Waals surface area contributed by atoms with Crippen LogP contribution in [0.25, 0.3) is 5.69 Å². The average Bonchev–Trinajstić information content (AvgIpc) is 3.22. The Hall–Kier alpha value is -2.54. The van der Waals surface area contributed by atoms with Gasteiger partial charge in [0.1, 0.15) is 5.82 Å². The molecule has 0 aliphatic rings. The standard InChI is InChI=1S/C18H21N5OS/c1-13(2)23-16(8-9-20-23)21-17(24)12-25-18-19-10-11-22(18)15-7-5-4-6-14(15)3/h4-11,13H,12H2,1-3H3,(H,21,24). The molecule has 1 N–H and O–H groups in total. The Morgan fingerprint density at radius 2 is 2.04 bits per heavy atom. The van der Waals surface area contributed by atoms with E-state index in [1.807, 2.05) is 42.8 Å². The van der Waals surface area contributed by atoms with Gasteiger partial charge >= 0.3 is 0 Å². The Balaban J connectivity index is 1.67. The van der Waals surface area contributed by atoms with Gasteiger partial charge in [-0.2, -0.15) is 5.10 Å². The highest BCUT2D eigenvalue weighted by Gasteiger charge is 2.13. The predicted molar refractivity (Wildman–Crippen MR) is 100 cm³/mol. The van der Waals surface area contributed by atoms with Gasteiger partial charge in [0.15, 0.2) is 5.16 Å². The first-order chi connectivity index (χ1) is 12.1. The van der Waals surface area contributed by atoms with Crippen molar-refractivity contribution in [1.29, 1.82) is 0 Å². The van der Waals surface area contributed by atoms with Gasteiger partial charge in [-0.05, 0) is 32.4 Å². The first-order valence-corrected chi connectivity index (χ1v) is 9.10. The van der Waals surface area contributed by atoms with Crippen LogP contribution in [0.5, 0.6) is 0 Å². The summed E-state index contributed by atoms with van der Waals surface area (Å²) in [6, 6.07) is 10.1. The van der Waals surface area contributed by atoms with Crippen LogP contribution in [0.1, 0.15) is 25.5 Å². The second-order valence-electron chi connectivity index (χ2n) is 5.96. The van der Waals surface area contributed by atoms with Crippen molar-refractivity contribution >= 4 is 23.5 Å². The number of imidazole rings is 1. The van der Waals surface area contributed by atoms with Crippen LogP contribution in [0, 0.1) is 6.92 Å². The molecule has 7 heteroatoms. The van der Waals surface area contributed by atoms with E-state index in [0.29, 0.717) is 5.82 Å². The van der Waals surface area contributed by atoms with E-state index in [-0.39, 0.29) is 17.7 Å². The zero-order chi connectivity index (χ0) is 17.8. The maximum absolute atomic E-state index is 12.3. The Bertz CT molecular complexity index is 868.